The smallest absolute Gasteiger partial charge is 0.227 e. The summed E-state index contributed by atoms with van der Waals surface area (Å²) in [6.45, 7) is 0. The predicted octanol–water partition coefficient (Wildman–Crippen LogP) is 11.3. The molecular formula is C46H26N6O2. The molecule has 0 aliphatic rings. The molecule has 0 unspecified atom stereocenters. The number of fused-ring (bicyclic) bond motifs is 6. The molecule has 54 heavy (non-hydrogen) atoms. The van der Waals surface area contributed by atoms with E-state index >= 15 is 0 Å². The third kappa shape index (κ3) is 4.92. The van der Waals surface area contributed by atoms with Gasteiger partial charge in [0.2, 0.25) is 5.89 Å². The van der Waals surface area contributed by atoms with Crippen molar-refractivity contribution in [2.75, 3.05) is 0 Å². The summed E-state index contributed by atoms with van der Waals surface area (Å²) in [5.41, 5.74) is 10.3. The number of oxazole rings is 1. The lowest BCUT2D eigenvalue weighted by Gasteiger charge is -2.11. The van der Waals surface area contributed by atoms with Gasteiger partial charge in [-0.25, -0.2) is 19.9 Å². The number of benzene rings is 6. The van der Waals surface area contributed by atoms with Gasteiger partial charge in [-0.3, -0.25) is 9.97 Å². The van der Waals surface area contributed by atoms with Gasteiger partial charge in [0.1, 0.15) is 16.7 Å². The maximum atomic E-state index is 6.43. The Labute approximate surface area is 307 Å². The van der Waals surface area contributed by atoms with E-state index in [4.69, 9.17) is 28.8 Å². The van der Waals surface area contributed by atoms with Crippen LogP contribution in [0.25, 0.3) is 112 Å². The Bertz CT molecular complexity index is 3220. The molecule has 0 saturated heterocycles. The highest BCUT2D eigenvalue weighted by Gasteiger charge is 2.18. The minimum absolute atomic E-state index is 0.539. The van der Waals surface area contributed by atoms with Crippen LogP contribution in [0.2, 0.25) is 0 Å². The van der Waals surface area contributed by atoms with Crippen molar-refractivity contribution in [3.05, 3.63) is 158 Å². The summed E-state index contributed by atoms with van der Waals surface area (Å²) in [5, 5.41) is 4.21. The number of para-hydroxylation sites is 1. The van der Waals surface area contributed by atoms with Gasteiger partial charge < -0.3 is 8.83 Å². The van der Waals surface area contributed by atoms with E-state index in [2.05, 4.69) is 76.7 Å². The molecule has 0 saturated carbocycles. The second kappa shape index (κ2) is 12.0. The minimum atomic E-state index is 0.539. The number of hydrogen-bond acceptors (Lipinski definition) is 8. The van der Waals surface area contributed by atoms with Crippen LogP contribution in [0.4, 0.5) is 0 Å². The lowest BCUT2D eigenvalue weighted by atomic mass is 9.95. The van der Waals surface area contributed by atoms with Gasteiger partial charge in [-0.1, -0.05) is 103 Å². The first-order valence-corrected chi connectivity index (χ1v) is 17.6. The monoisotopic (exact) mass is 694 g/mol. The Morgan fingerprint density at radius 1 is 0.352 bits per heavy atom. The van der Waals surface area contributed by atoms with E-state index in [-0.39, 0.29) is 0 Å². The molecule has 252 valence electrons. The van der Waals surface area contributed by atoms with E-state index in [0.29, 0.717) is 23.4 Å². The summed E-state index contributed by atoms with van der Waals surface area (Å²) >= 11 is 0. The third-order valence-electron chi connectivity index (χ3n) is 9.90. The molecule has 0 fully saturated rings. The fourth-order valence-corrected chi connectivity index (χ4v) is 7.31. The summed E-state index contributed by atoms with van der Waals surface area (Å²) in [6.07, 6.45) is 3.52. The number of hydrogen-bond donors (Lipinski definition) is 0. The SMILES string of the molecule is c1ccc(-c2nc(-c3ccc(-c4cccc5c(-c6nc7cc8oc9ccccc9c8cc7o6)cccc45)cc3)nc(-c3ccnc4cccnc34)n2)cc1. The molecule has 11 rings (SSSR count). The molecule has 11 aromatic rings. The zero-order valence-electron chi connectivity index (χ0n) is 28.5. The van der Waals surface area contributed by atoms with Gasteiger partial charge in [0.15, 0.2) is 23.1 Å². The Morgan fingerprint density at radius 2 is 1.06 bits per heavy atom. The molecule has 0 radical (unpaired) electrons. The van der Waals surface area contributed by atoms with Gasteiger partial charge in [0, 0.05) is 51.5 Å². The first-order chi connectivity index (χ1) is 26.7. The maximum Gasteiger partial charge on any atom is 0.227 e. The number of furan rings is 1. The van der Waals surface area contributed by atoms with E-state index in [9.17, 15) is 0 Å². The molecule has 0 spiro atoms. The highest BCUT2D eigenvalue weighted by atomic mass is 16.4. The molecule has 0 aliphatic carbocycles. The fourth-order valence-electron chi connectivity index (χ4n) is 7.31. The fraction of sp³-hybridized carbons (Fsp3) is 0. The van der Waals surface area contributed by atoms with Gasteiger partial charge in [-0.05, 0) is 58.3 Å². The lowest BCUT2D eigenvalue weighted by Crippen LogP contribution is -2.01. The van der Waals surface area contributed by atoms with Gasteiger partial charge in [0.25, 0.3) is 0 Å². The van der Waals surface area contributed by atoms with Crippen molar-refractivity contribution in [3.63, 3.8) is 0 Å². The Kier molecular flexibility index (Phi) is 6.69. The maximum absolute atomic E-state index is 6.43. The third-order valence-corrected chi connectivity index (χ3v) is 9.90. The number of rotatable bonds is 5. The quantitative estimate of drug-likeness (QED) is 0.175. The first-order valence-electron chi connectivity index (χ1n) is 17.6. The van der Waals surface area contributed by atoms with Crippen LogP contribution in [-0.4, -0.2) is 29.9 Å². The van der Waals surface area contributed by atoms with Crippen molar-refractivity contribution in [3.8, 4) is 56.7 Å². The van der Waals surface area contributed by atoms with Crippen LogP contribution in [0.3, 0.4) is 0 Å². The lowest BCUT2D eigenvalue weighted by molar-refractivity contribution is 0.621. The second-order valence-corrected chi connectivity index (χ2v) is 13.1. The van der Waals surface area contributed by atoms with Crippen molar-refractivity contribution < 1.29 is 8.83 Å². The van der Waals surface area contributed by atoms with Gasteiger partial charge in [0.05, 0.1) is 11.0 Å². The van der Waals surface area contributed by atoms with Crippen molar-refractivity contribution in [1.82, 2.24) is 29.9 Å². The highest BCUT2D eigenvalue weighted by molar-refractivity contribution is 6.09. The normalized spacial score (nSPS) is 11.7. The summed E-state index contributed by atoms with van der Waals surface area (Å²) in [6, 6.07) is 48.6. The Morgan fingerprint density at radius 3 is 1.91 bits per heavy atom. The molecule has 5 aromatic heterocycles. The standard InChI is InChI=1S/C46H26N6O2/c1-2-9-28(10-3-1)43-50-44(52-45(51-43)35-22-24-47-37-16-8-23-48-42(35)37)29-20-18-27(19-21-29)30-12-6-14-32-31(30)13-7-15-34(32)46-49-38-26-40-36(25-41(38)54-46)33-11-4-5-17-39(33)53-40/h1-26H. The van der Waals surface area contributed by atoms with Gasteiger partial charge in [-0.2, -0.15) is 0 Å². The van der Waals surface area contributed by atoms with Crippen LogP contribution in [-0.2, 0) is 0 Å². The summed E-state index contributed by atoms with van der Waals surface area (Å²) in [5.74, 6) is 2.26. The number of pyridine rings is 2. The number of aromatic nitrogens is 6. The summed E-state index contributed by atoms with van der Waals surface area (Å²) < 4.78 is 12.5. The van der Waals surface area contributed by atoms with E-state index in [1.165, 1.54) is 0 Å². The van der Waals surface area contributed by atoms with Crippen LogP contribution in [0.5, 0.6) is 0 Å². The van der Waals surface area contributed by atoms with Crippen LogP contribution >= 0.6 is 0 Å². The summed E-state index contributed by atoms with van der Waals surface area (Å²) in [7, 11) is 0. The number of nitrogens with zero attached hydrogens (tertiary/aromatic N) is 6. The van der Waals surface area contributed by atoms with E-state index in [0.717, 1.165) is 88.2 Å². The molecule has 0 N–H and O–H groups in total. The van der Waals surface area contributed by atoms with Crippen LogP contribution in [0, 0.1) is 0 Å². The Balaban J connectivity index is 0.988. The minimum Gasteiger partial charge on any atom is -0.456 e. The van der Waals surface area contributed by atoms with E-state index in [1.807, 2.05) is 78.9 Å². The van der Waals surface area contributed by atoms with Gasteiger partial charge in [-0.15, -0.1) is 0 Å². The van der Waals surface area contributed by atoms with Crippen LogP contribution in [0.15, 0.2) is 167 Å². The van der Waals surface area contributed by atoms with Crippen molar-refractivity contribution in [2.24, 2.45) is 0 Å². The molecule has 0 bridgehead atoms. The molecule has 0 aliphatic heterocycles. The molecule has 0 amide bonds. The molecular weight excluding hydrogens is 669 g/mol. The van der Waals surface area contributed by atoms with Crippen LogP contribution < -0.4 is 0 Å². The van der Waals surface area contributed by atoms with Crippen molar-refractivity contribution in [1.29, 1.82) is 0 Å². The second-order valence-electron chi connectivity index (χ2n) is 13.1. The highest BCUT2D eigenvalue weighted by Crippen LogP contribution is 2.38. The molecule has 6 aromatic carbocycles. The molecule has 8 nitrogen and oxygen atoms in total. The first kappa shape index (κ1) is 30.1. The largest absolute Gasteiger partial charge is 0.456 e. The van der Waals surface area contributed by atoms with E-state index in [1.54, 1.807) is 12.4 Å². The topological polar surface area (TPSA) is 104 Å². The van der Waals surface area contributed by atoms with Gasteiger partial charge >= 0.3 is 0 Å². The zero-order chi connectivity index (χ0) is 35.6. The van der Waals surface area contributed by atoms with Crippen LogP contribution in [0.1, 0.15) is 0 Å². The van der Waals surface area contributed by atoms with E-state index < -0.39 is 0 Å². The van der Waals surface area contributed by atoms with Crippen molar-refractivity contribution in [2.45, 2.75) is 0 Å². The Hall–Kier alpha value is -7.58. The molecule has 8 heteroatoms. The zero-order valence-corrected chi connectivity index (χ0v) is 28.5. The predicted molar refractivity (Wildman–Crippen MR) is 212 cm³/mol. The van der Waals surface area contributed by atoms with Crippen molar-refractivity contribution >= 4 is 54.8 Å². The molecule has 5 heterocycles. The summed E-state index contributed by atoms with van der Waals surface area (Å²) in [4.78, 5) is 28.9. The average molecular weight is 695 g/mol. The average Bonchev–Trinajstić information content (AvgIpc) is 3.83. The molecule has 0 atom stereocenters.